The highest BCUT2D eigenvalue weighted by Crippen LogP contribution is 2.08. The van der Waals surface area contributed by atoms with Crippen LogP contribution in [0.1, 0.15) is 22.8 Å². The van der Waals surface area contributed by atoms with E-state index in [4.69, 9.17) is 5.73 Å². The lowest BCUT2D eigenvalue weighted by molar-refractivity contribution is 0.0976. The Labute approximate surface area is 94.4 Å². The van der Waals surface area contributed by atoms with Crippen LogP contribution in [0.2, 0.25) is 0 Å². The first-order chi connectivity index (χ1) is 6.65. The predicted octanol–water partition coefficient (Wildman–Crippen LogP) is 1.38. The van der Waals surface area contributed by atoms with Crippen molar-refractivity contribution in [1.82, 2.24) is 11.5 Å². The van der Waals surface area contributed by atoms with Gasteiger partial charge >= 0.3 is 0 Å². The third-order valence-electron chi connectivity index (χ3n) is 1.88. The van der Waals surface area contributed by atoms with Crippen LogP contribution >= 0.6 is 12.2 Å². The summed E-state index contributed by atoms with van der Waals surface area (Å²) in [5.74, 6) is -0.241. The Morgan fingerprint density at radius 3 is 2.60 bits per heavy atom. The first-order valence-corrected chi connectivity index (χ1v) is 4.74. The molecule has 0 radical (unpaired) electrons. The molecule has 0 atom stereocenters. The number of aryl methyl sites for hydroxylation is 1. The van der Waals surface area contributed by atoms with E-state index in [2.05, 4.69) is 17.5 Å². The monoisotopic (exact) mass is 225 g/mol. The van der Waals surface area contributed by atoms with E-state index >= 15 is 0 Å². The number of nitrogens with one attached hydrogen (secondary N) is 1. The summed E-state index contributed by atoms with van der Waals surface area (Å²) in [6, 6.07) is 7.38. The first kappa shape index (κ1) is 13.5. The van der Waals surface area contributed by atoms with Gasteiger partial charge in [-0.1, -0.05) is 25.1 Å². The minimum atomic E-state index is -0.241. The van der Waals surface area contributed by atoms with Crippen molar-refractivity contribution in [2.45, 2.75) is 13.3 Å². The minimum absolute atomic E-state index is 0. The van der Waals surface area contributed by atoms with Gasteiger partial charge in [0.05, 0.1) is 0 Å². The summed E-state index contributed by atoms with van der Waals surface area (Å²) >= 11 is 4.60. The van der Waals surface area contributed by atoms with Crippen LogP contribution < -0.4 is 17.2 Å². The fraction of sp³-hybridized carbons (Fsp3) is 0.200. The second kappa shape index (κ2) is 6.10. The van der Waals surface area contributed by atoms with Crippen molar-refractivity contribution in [3.63, 3.8) is 0 Å². The van der Waals surface area contributed by atoms with Crippen molar-refractivity contribution >= 4 is 23.2 Å². The van der Waals surface area contributed by atoms with E-state index in [-0.39, 0.29) is 17.2 Å². The Balaban J connectivity index is 0.00000196. The number of nitrogens with two attached hydrogens (primary N) is 1. The maximum Gasteiger partial charge on any atom is 0.257 e. The van der Waals surface area contributed by atoms with Crippen LogP contribution in [0.5, 0.6) is 0 Å². The van der Waals surface area contributed by atoms with Crippen LogP contribution in [0.3, 0.4) is 0 Å². The average molecular weight is 225 g/mol. The molecule has 0 unspecified atom stereocenters. The zero-order chi connectivity index (χ0) is 10.6. The lowest BCUT2D eigenvalue weighted by Gasteiger charge is -2.06. The van der Waals surface area contributed by atoms with Gasteiger partial charge in [-0.15, -0.1) is 0 Å². The molecule has 0 bridgehead atoms. The Bertz CT molecular complexity index is 365. The predicted molar refractivity (Wildman–Crippen MR) is 65.1 cm³/mol. The maximum atomic E-state index is 11.6. The van der Waals surface area contributed by atoms with Gasteiger partial charge in [0.2, 0.25) is 0 Å². The van der Waals surface area contributed by atoms with Crippen molar-refractivity contribution < 1.29 is 4.79 Å². The summed E-state index contributed by atoms with van der Waals surface area (Å²) in [6.45, 7) is 1.99. The molecule has 0 aliphatic carbocycles. The van der Waals surface area contributed by atoms with Gasteiger partial charge in [0, 0.05) is 5.56 Å². The van der Waals surface area contributed by atoms with E-state index in [1.54, 1.807) is 6.07 Å². The highest BCUT2D eigenvalue weighted by molar-refractivity contribution is 7.80. The minimum Gasteiger partial charge on any atom is -0.376 e. The Hall–Kier alpha value is -1.46. The Morgan fingerprint density at radius 2 is 2.07 bits per heavy atom. The van der Waals surface area contributed by atoms with Crippen LogP contribution in [0, 0.1) is 0 Å². The second-order valence-corrected chi connectivity index (χ2v) is 3.27. The van der Waals surface area contributed by atoms with E-state index < -0.39 is 0 Å². The zero-order valence-electron chi connectivity index (χ0n) is 8.62. The molecule has 6 N–H and O–H groups in total. The van der Waals surface area contributed by atoms with Gasteiger partial charge in [-0.2, -0.15) is 0 Å². The molecule has 0 spiro atoms. The van der Waals surface area contributed by atoms with Crippen molar-refractivity contribution in [3.8, 4) is 0 Å². The van der Waals surface area contributed by atoms with Gasteiger partial charge in [0.25, 0.3) is 5.91 Å². The number of amides is 1. The molecule has 1 aromatic rings. The Morgan fingerprint density at radius 1 is 1.47 bits per heavy atom. The molecule has 1 rings (SSSR count). The lowest BCUT2D eigenvalue weighted by atomic mass is 10.1. The molecule has 0 saturated carbocycles. The topological polar surface area (TPSA) is 90.1 Å². The first-order valence-electron chi connectivity index (χ1n) is 4.33. The van der Waals surface area contributed by atoms with Crippen LogP contribution in [0.15, 0.2) is 24.3 Å². The standard InChI is InChI=1S/C10H12N2OS.H3N/c1-2-7-5-3-4-6-8(7)9(13)12-10(11)14;/h3-6H,2H2,1H3,(H3,11,12,13,14);1H3. The third kappa shape index (κ3) is 3.65. The number of rotatable bonds is 2. The number of hydrogen-bond donors (Lipinski definition) is 3. The number of thiocarbonyl (C=S) groups is 1. The fourth-order valence-corrected chi connectivity index (χ4v) is 1.32. The molecule has 0 fully saturated rings. The van der Waals surface area contributed by atoms with Crippen LogP contribution in [-0.4, -0.2) is 11.0 Å². The van der Waals surface area contributed by atoms with Gasteiger partial charge < -0.3 is 11.9 Å². The lowest BCUT2D eigenvalue weighted by Crippen LogP contribution is -2.35. The fourth-order valence-electron chi connectivity index (χ4n) is 1.23. The van der Waals surface area contributed by atoms with Gasteiger partial charge in [-0.3, -0.25) is 10.1 Å². The maximum absolute atomic E-state index is 11.6. The number of hydrogen-bond acceptors (Lipinski definition) is 3. The average Bonchev–Trinajstić information content (AvgIpc) is 2.16. The molecule has 5 heteroatoms. The molecular formula is C10H15N3OS. The van der Waals surface area contributed by atoms with E-state index in [1.807, 2.05) is 25.1 Å². The van der Waals surface area contributed by atoms with Crippen molar-refractivity contribution in [3.05, 3.63) is 35.4 Å². The van der Waals surface area contributed by atoms with E-state index in [9.17, 15) is 4.79 Å². The molecule has 0 heterocycles. The van der Waals surface area contributed by atoms with E-state index in [0.29, 0.717) is 5.56 Å². The number of carbonyl (C=O) groups excluding carboxylic acids is 1. The number of benzene rings is 1. The van der Waals surface area contributed by atoms with Crippen molar-refractivity contribution in [2.24, 2.45) is 5.73 Å². The zero-order valence-corrected chi connectivity index (χ0v) is 9.43. The van der Waals surface area contributed by atoms with Crippen molar-refractivity contribution in [1.29, 1.82) is 0 Å². The van der Waals surface area contributed by atoms with E-state index in [0.717, 1.165) is 12.0 Å². The third-order valence-corrected chi connectivity index (χ3v) is 1.98. The molecule has 15 heavy (non-hydrogen) atoms. The second-order valence-electron chi connectivity index (χ2n) is 2.83. The normalized spacial score (nSPS) is 8.87. The highest BCUT2D eigenvalue weighted by atomic mass is 32.1. The van der Waals surface area contributed by atoms with Gasteiger partial charge in [0.1, 0.15) is 0 Å². The van der Waals surface area contributed by atoms with Crippen LogP contribution in [0.25, 0.3) is 0 Å². The van der Waals surface area contributed by atoms with Gasteiger partial charge in [-0.05, 0) is 30.3 Å². The molecular weight excluding hydrogens is 210 g/mol. The summed E-state index contributed by atoms with van der Waals surface area (Å²) in [5, 5.41) is 2.40. The highest BCUT2D eigenvalue weighted by Gasteiger charge is 2.09. The summed E-state index contributed by atoms with van der Waals surface area (Å²) in [4.78, 5) is 11.6. The molecule has 1 aromatic carbocycles. The molecule has 82 valence electrons. The molecule has 0 aliphatic heterocycles. The van der Waals surface area contributed by atoms with Gasteiger partial charge in [-0.25, -0.2) is 0 Å². The SMILES string of the molecule is CCc1ccccc1C(=O)NC(N)=S.N. The molecule has 0 saturated heterocycles. The number of carbonyl (C=O) groups is 1. The largest absolute Gasteiger partial charge is 0.376 e. The summed E-state index contributed by atoms with van der Waals surface area (Å²) in [5.41, 5.74) is 6.84. The quantitative estimate of drug-likeness (QED) is 0.663. The molecule has 1 amide bonds. The van der Waals surface area contributed by atoms with Crippen LogP contribution in [-0.2, 0) is 6.42 Å². The summed E-state index contributed by atoms with van der Waals surface area (Å²) in [7, 11) is 0. The van der Waals surface area contributed by atoms with Gasteiger partial charge in [0.15, 0.2) is 5.11 Å². The van der Waals surface area contributed by atoms with Crippen LogP contribution in [0.4, 0.5) is 0 Å². The van der Waals surface area contributed by atoms with E-state index in [1.165, 1.54) is 0 Å². The molecule has 0 aromatic heterocycles. The summed E-state index contributed by atoms with van der Waals surface area (Å²) in [6.07, 6.45) is 0.806. The Kier molecular flexibility index (Phi) is 5.51. The van der Waals surface area contributed by atoms with Crippen molar-refractivity contribution in [2.75, 3.05) is 0 Å². The molecule has 0 aliphatic rings. The summed E-state index contributed by atoms with van der Waals surface area (Å²) < 4.78 is 0. The molecule has 4 nitrogen and oxygen atoms in total. The smallest absolute Gasteiger partial charge is 0.257 e.